The molecule has 0 radical (unpaired) electrons. The van der Waals surface area contributed by atoms with Crippen LogP contribution in [0.25, 0.3) is 0 Å². The van der Waals surface area contributed by atoms with E-state index in [1.165, 1.54) is 5.57 Å². The fraction of sp³-hybridized carbons (Fsp3) is 0.421. The van der Waals surface area contributed by atoms with Gasteiger partial charge in [-0.25, -0.2) is 0 Å². The van der Waals surface area contributed by atoms with Crippen molar-refractivity contribution in [2.24, 2.45) is 5.92 Å². The van der Waals surface area contributed by atoms with Gasteiger partial charge in [0.05, 0.1) is 20.3 Å². The number of carbonyl (C=O) groups is 1. The van der Waals surface area contributed by atoms with E-state index in [9.17, 15) is 4.79 Å². The van der Waals surface area contributed by atoms with Crippen LogP contribution in [0, 0.1) is 5.92 Å². The van der Waals surface area contributed by atoms with Gasteiger partial charge in [0.1, 0.15) is 11.5 Å². The number of allylic oxidation sites excluding steroid dienone is 2. The van der Waals surface area contributed by atoms with Crippen molar-refractivity contribution in [2.75, 3.05) is 21.3 Å². The quantitative estimate of drug-likeness (QED) is 0.865. The third-order valence-electron chi connectivity index (χ3n) is 5.02. The summed E-state index contributed by atoms with van der Waals surface area (Å²) in [4.78, 5) is 13.0. The second-order valence-corrected chi connectivity index (χ2v) is 6.30. The Morgan fingerprint density at radius 1 is 1.26 bits per heavy atom. The summed E-state index contributed by atoms with van der Waals surface area (Å²) >= 11 is 0. The lowest BCUT2D eigenvalue weighted by molar-refractivity contribution is 0.102. The number of benzene rings is 1. The highest BCUT2D eigenvalue weighted by atomic mass is 16.5. The zero-order chi connectivity index (χ0) is 16.7. The first-order valence-corrected chi connectivity index (χ1v) is 7.87. The van der Waals surface area contributed by atoms with Crippen LogP contribution >= 0.6 is 0 Å². The minimum absolute atomic E-state index is 0.00269. The van der Waals surface area contributed by atoms with E-state index < -0.39 is 0 Å². The first kappa shape index (κ1) is 15.8. The van der Waals surface area contributed by atoms with E-state index in [1.807, 2.05) is 26.1 Å². The Hall–Kier alpha value is -2.07. The second kappa shape index (κ2) is 5.85. The number of hydrogen-bond donors (Lipinski definition) is 1. The van der Waals surface area contributed by atoms with Gasteiger partial charge in [0, 0.05) is 22.8 Å². The van der Waals surface area contributed by atoms with Crippen LogP contribution in [0.2, 0.25) is 0 Å². The Morgan fingerprint density at radius 2 is 2.00 bits per heavy atom. The number of methoxy groups -OCH3 is 2. The summed E-state index contributed by atoms with van der Waals surface area (Å²) < 4.78 is 10.9. The SMILES string of the molecule is C=C(C)C1CC2=C(C1)C(NC)c1c(OC)cc(OC)cc1C2=O. The molecular weight excluding hydrogens is 290 g/mol. The Balaban J connectivity index is 2.16. The van der Waals surface area contributed by atoms with Crippen LogP contribution in [0.5, 0.6) is 11.5 Å². The molecule has 3 rings (SSSR count). The molecule has 0 aliphatic heterocycles. The predicted octanol–water partition coefficient (Wildman–Crippen LogP) is 3.44. The molecular formula is C19H23NO3. The molecule has 0 heterocycles. The fourth-order valence-corrected chi connectivity index (χ4v) is 3.75. The molecule has 0 bridgehead atoms. The van der Waals surface area contributed by atoms with Gasteiger partial charge >= 0.3 is 0 Å². The minimum Gasteiger partial charge on any atom is -0.497 e. The number of Topliss-reactive ketones (excluding diaryl/α,β-unsaturated/α-hetero) is 1. The van der Waals surface area contributed by atoms with E-state index in [4.69, 9.17) is 9.47 Å². The summed E-state index contributed by atoms with van der Waals surface area (Å²) in [5.41, 5.74) is 4.85. The smallest absolute Gasteiger partial charge is 0.189 e. The lowest BCUT2D eigenvalue weighted by Crippen LogP contribution is -2.27. The number of ketones is 1. The van der Waals surface area contributed by atoms with E-state index in [1.54, 1.807) is 14.2 Å². The zero-order valence-corrected chi connectivity index (χ0v) is 14.2. The van der Waals surface area contributed by atoms with Crippen molar-refractivity contribution in [2.45, 2.75) is 25.8 Å². The fourth-order valence-electron chi connectivity index (χ4n) is 3.75. The maximum Gasteiger partial charge on any atom is 0.189 e. The molecule has 2 unspecified atom stereocenters. The summed E-state index contributed by atoms with van der Waals surface area (Å²) in [7, 11) is 5.15. The average Bonchev–Trinajstić information content (AvgIpc) is 3.00. The summed E-state index contributed by atoms with van der Waals surface area (Å²) in [6, 6.07) is 3.66. The molecule has 1 aromatic carbocycles. The van der Waals surface area contributed by atoms with E-state index >= 15 is 0 Å². The normalized spacial score (nSPS) is 22.7. The Labute approximate surface area is 137 Å². The first-order chi connectivity index (χ1) is 11.0. The highest BCUT2D eigenvalue weighted by Gasteiger charge is 2.40. The van der Waals surface area contributed by atoms with E-state index in [0.717, 1.165) is 29.6 Å². The predicted molar refractivity (Wildman–Crippen MR) is 90.2 cm³/mol. The van der Waals surface area contributed by atoms with Crippen molar-refractivity contribution in [3.8, 4) is 11.5 Å². The highest BCUT2D eigenvalue weighted by Crippen LogP contribution is 2.49. The van der Waals surface area contributed by atoms with Gasteiger partial charge in [0.2, 0.25) is 0 Å². The molecule has 4 nitrogen and oxygen atoms in total. The highest BCUT2D eigenvalue weighted by molar-refractivity contribution is 6.13. The van der Waals surface area contributed by atoms with Crippen LogP contribution in [-0.4, -0.2) is 27.1 Å². The number of carbonyl (C=O) groups excluding carboxylic acids is 1. The largest absolute Gasteiger partial charge is 0.497 e. The summed E-state index contributed by atoms with van der Waals surface area (Å²) in [5.74, 6) is 1.78. The topological polar surface area (TPSA) is 47.6 Å². The molecule has 1 N–H and O–H groups in total. The molecule has 2 aliphatic carbocycles. The van der Waals surface area contributed by atoms with Gasteiger partial charge in [-0.1, -0.05) is 12.2 Å². The number of hydrogen-bond acceptors (Lipinski definition) is 4. The average molecular weight is 313 g/mol. The number of likely N-dealkylation sites (N-methyl/N-ethyl adjacent to an activating group) is 1. The van der Waals surface area contributed by atoms with Crippen LogP contribution in [0.3, 0.4) is 0 Å². The molecule has 0 fully saturated rings. The summed E-state index contributed by atoms with van der Waals surface area (Å²) in [6.07, 6.45) is 1.66. The monoisotopic (exact) mass is 313 g/mol. The molecule has 4 heteroatoms. The Morgan fingerprint density at radius 3 is 2.57 bits per heavy atom. The summed E-state index contributed by atoms with van der Waals surface area (Å²) in [5, 5.41) is 3.36. The number of fused-ring (bicyclic) bond motifs is 1. The van der Waals surface area contributed by atoms with Gasteiger partial charge in [0.15, 0.2) is 5.78 Å². The molecule has 122 valence electrons. The summed E-state index contributed by atoms with van der Waals surface area (Å²) in [6.45, 7) is 6.12. The molecule has 2 aliphatic rings. The van der Waals surface area contributed by atoms with Gasteiger partial charge in [-0.15, -0.1) is 0 Å². The number of nitrogens with one attached hydrogen (secondary N) is 1. The van der Waals surface area contributed by atoms with Gasteiger partial charge < -0.3 is 14.8 Å². The molecule has 0 aromatic heterocycles. The third kappa shape index (κ3) is 2.38. The van der Waals surface area contributed by atoms with E-state index in [0.29, 0.717) is 23.0 Å². The second-order valence-electron chi connectivity index (χ2n) is 6.30. The molecule has 0 saturated carbocycles. The van der Waals surface area contributed by atoms with Gasteiger partial charge in [-0.3, -0.25) is 4.79 Å². The standard InChI is InChI=1S/C19H23NO3/c1-10(2)11-6-13-14(7-11)19(21)15-8-12(22-4)9-16(23-5)17(15)18(13)20-3/h8-9,11,18,20H,1,6-7H2,2-5H3. The van der Waals surface area contributed by atoms with Crippen molar-refractivity contribution >= 4 is 5.78 Å². The van der Waals surface area contributed by atoms with Crippen LogP contribution in [-0.2, 0) is 0 Å². The first-order valence-electron chi connectivity index (χ1n) is 7.87. The molecule has 2 atom stereocenters. The molecule has 0 spiro atoms. The van der Waals surface area contributed by atoms with Crippen LogP contribution < -0.4 is 14.8 Å². The third-order valence-corrected chi connectivity index (χ3v) is 5.02. The Kier molecular flexibility index (Phi) is 4.02. The minimum atomic E-state index is 0.00269. The number of ether oxygens (including phenoxy) is 2. The van der Waals surface area contributed by atoms with Gasteiger partial charge in [-0.05, 0) is 44.4 Å². The number of rotatable bonds is 4. The van der Waals surface area contributed by atoms with Crippen molar-refractivity contribution < 1.29 is 14.3 Å². The van der Waals surface area contributed by atoms with Crippen molar-refractivity contribution in [1.82, 2.24) is 5.32 Å². The Bertz CT molecular complexity index is 718. The molecule has 1 aromatic rings. The van der Waals surface area contributed by atoms with Crippen LogP contribution in [0.15, 0.2) is 35.4 Å². The molecule has 0 saturated heterocycles. The van der Waals surface area contributed by atoms with Gasteiger partial charge in [0.25, 0.3) is 0 Å². The van der Waals surface area contributed by atoms with Gasteiger partial charge in [-0.2, -0.15) is 0 Å². The maximum atomic E-state index is 13.0. The van der Waals surface area contributed by atoms with Crippen LogP contribution in [0.1, 0.15) is 41.7 Å². The van der Waals surface area contributed by atoms with Crippen LogP contribution in [0.4, 0.5) is 0 Å². The van der Waals surface area contributed by atoms with E-state index in [2.05, 4.69) is 11.9 Å². The lowest BCUT2D eigenvalue weighted by Gasteiger charge is -2.29. The van der Waals surface area contributed by atoms with Crippen molar-refractivity contribution in [3.05, 3.63) is 46.6 Å². The molecule has 23 heavy (non-hydrogen) atoms. The lowest BCUT2D eigenvalue weighted by atomic mass is 9.82. The zero-order valence-electron chi connectivity index (χ0n) is 14.2. The van der Waals surface area contributed by atoms with E-state index in [-0.39, 0.29) is 11.8 Å². The maximum absolute atomic E-state index is 13.0. The molecule has 0 amide bonds. The van der Waals surface area contributed by atoms with Crippen molar-refractivity contribution in [1.29, 1.82) is 0 Å². The van der Waals surface area contributed by atoms with Crippen molar-refractivity contribution in [3.63, 3.8) is 0 Å².